The van der Waals surface area contributed by atoms with Gasteiger partial charge in [0.25, 0.3) is 5.91 Å². The average Bonchev–Trinajstić information content (AvgIpc) is 3.04. The maximum atomic E-state index is 13.3. The van der Waals surface area contributed by atoms with Crippen LogP contribution < -0.4 is 0 Å². The number of aryl methyl sites for hydroxylation is 1. The summed E-state index contributed by atoms with van der Waals surface area (Å²) in [7, 11) is 0. The van der Waals surface area contributed by atoms with Gasteiger partial charge >= 0.3 is 12.1 Å². The van der Waals surface area contributed by atoms with Crippen LogP contribution in [-0.4, -0.2) is 22.0 Å². The monoisotopic (exact) mass is 471 g/mol. The smallest absolute Gasteiger partial charge is 0.416 e. The maximum absolute atomic E-state index is 13.3. The lowest BCUT2D eigenvalue weighted by atomic mass is 10.1. The molecule has 0 amide bonds. The van der Waals surface area contributed by atoms with Gasteiger partial charge in [0.15, 0.2) is 0 Å². The first-order chi connectivity index (χ1) is 14.2. The fraction of sp³-hybridized carbons (Fsp3) is 0.273. The van der Waals surface area contributed by atoms with Crippen molar-refractivity contribution in [3.05, 3.63) is 68.8 Å². The molecule has 0 spiro atoms. The zero-order valence-corrected chi connectivity index (χ0v) is 18.5. The molecule has 0 aliphatic carbocycles. The van der Waals surface area contributed by atoms with Crippen LogP contribution in [0.4, 0.5) is 13.2 Å². The summed E-state index contributed by atoms with van der Waals surface area (Å²) >= 11 is 12.6. The lowest BCUT2D eigenvalue weighted by Crippen LogP contribution is -2.24. The summed E-state index contributed by atoms with van der Waals surface area (Å²) < 4.78 is 45.8. The van der Waals surface area contributed by atoms with E-state index in [-0.39, 0.29) is 37.6 Å². The third-order valence-corrected chi connectivity index (χ3v) is 5.15. The van der Waals surface area contributed by atoms with Crippen LogP contribution in [0.5, 0.6) is 0 Å². The van der Waals surface area contributed by atoms with E-state index in [1.807, 2.05) is 0 Å². The molecule has 9 heteroatoms. The standard InChI is InChI=1S/C22H18Cl2F3NO3/c1-11-9-13(22(25,26)27)10-12-7-8-28(18(11)12)19(29)16-15(23)6-5-14(17(16)24)20(30)31-21(2,3)4/h5-10H,1-4H3. The molecule has 3 rings (SSSR count). The zero-order valence-electron chi connectivity index (χ0n) is 17.0. The molecule has 0 unspecified atom stereocenters. The molecule has 164 valence electrons. The highest BCUT2D eigenvalue weighted by molar-refractivity contribution is 6.41. The summed E-state index contributed by atoms with van der Waals surface area (Å²) in [5.74, 6) is -1.41. The predicted octanol–water partition coefficient (Wildman–Crippen LogP) is 6.92. The number of hydrogen-bond donors (Lipinski definition) is 0. The summed E-state index contributed by atoms with van der Waals surface area (Å²) in [6.45, 7) is 6.53. The van der Waals surface area contributed by atoms with E-state index in [0.717, 1.165) is 16.7 Å². The van der Waals surface area contributed by atoms with E-state index in [2.05, 4.69) is 0 Å². The highest BCUT2D eigenvalue weighted by Crippen LogP contribution is 2.35. The van der Waals surface area contributed by atoms with Gasteiger partial charge in [0.1, 0.15) is 5.60 Å². The molecule has 0 saturated carbocycles. The third-order valence-electron chi connectivity index (χ3n) is 4.44. The molecule has 0 saturated heterocycles. The Morgan fingerprint density at radius 3 is 2.26 bits per heavy atom. The zero-order chi connectivity index (χ0) is 23.3. The number of ether oxygens (including phenoxy) is 1. The van der Waals surface area contributed by atoms with Gasteiger partial charge in [-0.1, -0.05) is 23.2 Å². The fourth-order valence-electron chi connectivity index (χ4n) is 3.18. The van der Waals surface area contributed by atoms with Gasteiger partial charge in [0, 0.05) is 11.6 Å². The average molecular weight is 472 g/mol. The van der Waals surface area contributed by atoms with Crippen LogP contribution in [0.25, 0.3) is 10.9 Å². The Labute approximate surface area is 186 Å². The molecule has 31 heavy (non-hydrogen) atoms. The number of carbonyl (C=O) groups excluding carboxylic acids is 2. The molecule has 0 fully saturated rings. The number of carbonyl (C=O) groups is 2. The SMILES string of the molecule is Cc1cc(C(F)(F)F)cc2ccn(C(=O)c3c(Cl)ccc(C(=O)OC(C)(C)C)c3Cl)c12. The number of alkyl halides is 3. The highest BCUT2D eigenvalue weighted by Gasteiger charge is 2.32. The second kappa shape index (κ2) is 7.88. The van der Waals surface area contributed by atoms with Crippen molar-refractivity contribution in [2.75, 3.05) is 0 Å². The highest BCUT2D eigenvalue weighted by atomic mass is 35.5. The quantitative estimate of drug-likeness (QED) is 0.381. The summed E-state index contributed by atoms with van der Waals surface area (Å²) in [4.78, 5) is 25.8. The topological polar surface area (TPSA) is 48.3 Å². The number of hydrogen-bond acceptors (Lipinski definition) is 3. The Kier molecular flexibility index (Phi) is 5.88. The van der Waals surface area contributed by atoms with E-state index in [1.54, 1.807) is 20.8 Å². The lowest BCUT2D eigenvalue weighted by molar-refractivity contribution is -0.137. The predicted molar refractivity (Wildman–Crippen MR) is 113 cm³/mol. The maximum Gasteiger partial charge on any atom is 0.416 e. The van der Waals surface area contributed by atoms with Gasteiger partial charge in [0.2, 0.25) is 0 Å². The van der Waals surface area contributed by atoms with E-state index < -0.39 is 29.2 Å². The van der Waals surface area contributed by atoms with Gasteiger partial charge in [-0.15, -0.1) is 0 Å². The minimum absolute atomic E-state index is 0.00581. The Balaban J connectivity index is 2.13. The molecule has 3 aromatic rings. The van der Waals surface area contributed by atoms with Crippen molar-refractivity contribution in [2.45, 2.75) is 39.5 Å². The van der Waals surface area contributed by atoms with Gasteiger partial charge in [-0.05, 0) is 63.6 Å². The first-order valence-electron chi connectivity index (χ1n) is 9.15. The molecule has 4 nitrogen and oxygen atoms in total. The molecule has 1 aromatic heterocycles. The largest absolute Gasteiger partial charge is 0.456 e. The van der Waals surface area contributed by atoms with Gasteiger partial charge in [-0.2, -0.15) is 13.2 Å². The molecule has 0 atom stereocenters. The van der Waals surface area contributed by atoms with Crippen LogP contribution in [0.1, 0.15) is 52.6 Å². The third kappa shape index (κ3) is 4.57. The Hall–Kier alpha value is -2.51. The molecular weight excluding hydrogens is 454 g/mol. The molecule has 0 aliphatic rings. The normalized spacial score (nSPS) is 12.3. The molecule has 0 bridgehead atoms. The number of halogens is 5. The minimum Gasteiger partial charge on any atom is -0.456 e. The lowest BCUT2D eigenvalue weighted by Gasteiger charge is -2.20. The van der Waals surface area contributed by atoms with Crippen LogP contribution in [-0.2, 0) is 10.9 Å². The number of aromatic nitrogens is 1. The first kappa shape index (κ1) is 23.2. The van der Waals surface area contributed by atoms with Crippen molar-refractivity contribution in [1.29, 1.82) is 0 Å². The molecular formula is C22H18Cl2F3NO3. The van der Waals surface area contributed by atoms with Gasteiger partial charge in [-0.25, -0.2) is 4.79 Å². The second-order valence-corrected chi connectivity index (χ2v) is 8.79. The summed E-state index contributed by atoms with van der Waals surface area (Å²) in [6.07, 6.45) is -3.17. The molecule has 2 aromatic carbocycles. The van der Waals surface area contributed by atoms with Crippen molar-refractivity contribution in [1.82, 2.24) is 4.57 Å². The van der Waals surface area contributed by atoms with Crippen LogP contribution in [0.15, 0.2) is 36.5 Å². The molecule has 0 radical (unpaired) electrons. The van der Waals surface area contributed by atoms with E-state index in [4.69, 9.17) is 27.9 Å². The Morgan fingerprint density at radius 1 is 1.03 bits per heavy atom. The fourth-order valence-corrected chi connectivity index (χ4v) is 3.79. The van der Waals surface area contributed by atoms with Gasteiger partial charge in [-0.3, -0.25) is 9.36 Å². The van der Waals surface area contributed by atoms with Crippen molar-refractivity contribution in [3.8, 4) is 0 Å². The minimum atomic E-state index is -4.51. The van der Waals surface area contributed by atoms with Crippen molar-refractivity contribution >= 4 is 46.0 Å². The number of esters is 1. The number of fused-ring (bicyclic) bond motifs is 1. The second-order valence-electron chi connectivity index (χ2n) is 8.01. The summed E-state index contributed by atoms with van der Waals surface area (Å²) in [6, 6.07) is 6.03. The van der Waals surface area contributed by atoms with E-state index in [1.165, 1.54) is 31.3 Å². The van der Waals surface area contributed by atoms with Crippen molar-refractivity contribution in [3.63, 3.8) is 0 Å². The van der Waals surface area contributed by atoms with Gasteiger partial charge < -0.3 is 4.74 Å². The molecule has 1 heterocycles. The number of benzene rings is 2. The first-order valence-corrected chi connectivity index (χ1v) is 9.91. The van der Waals surface area contributed by atoms with Crippen LogP contribution in [0.2, 0.25) is 10.0 Å². The number of rotatable bonds is 2. The van der Waals surface area contributed by atoms with Gasteiger partial charge in [0.05, 0.1) is 32.3 Å². The Bertz CT molecular complexity index is 1210. The summed E-state index contributed by atoms with van der Waals surface area (Å²) in [5.41, 5.74) is -1.26. The van der Waals surface area contributed by atoms with Crippen molar-refractivity contribution in [2.24, 2.45) is 0 Å². The Morgan fingerprint density at radius 2 is 1.68 bits per heavy atom. The molecule has 0 aliphatic heterocycles. The summed E-state index contributed by atoms with van der Waals surface area (Å²) in [5, 5.41) is 0.0307. The van der Waals surface area contributed by atoms with Crippen LogP contribution >= 0.6 is 23.2 Å². The van der Waals surface area contributed by atoms with E-state index in [9.17, 15) is 22.8 Å². The van der Waals surface area contributed by atoms with E-state index >= 15 is 0 Å². The van der Waals surface area contributed by atoms with Crippen molar-refractivity contribution < 1.29 is 27.5 Å². The number of nitrogens with zero attached hydrogens (tertiary/aromatic N) is 1. The van der Waals surface area contributed by atoms with Crippen LogP contribution in [0, 0.1) is 6.92 Å². The van der Waals surface area contributed by atoms with E-state index in [0.29, 0.717) is 0 Å². The van der Waals surface area contributed by atoms with Crippen LogP contribution in [0.3, 0.4) is 0 Å². The molecule has 0 N–H and O–H groups in total.